The first-order valence-electron chi connectivity index (χ1n) is 6.05. The molecule has 0 spiro atoms. The molecule has 0 radical (unpaired) electrons. The molecule has 0 heterocycles. The van der Waals surface area contributed by atoms with Crippen molar-refractivity contribution >= 4 is 5.97 Å². The Hall–Kier alpha value is -0.610. The summed E-state index contributed by atoms with van der Waals surface area (Å²) in [4.78, 5) is 11.3. The number of carboxylic acid groups (broad SMARTS) is 1. The van der Waals surface area contributed by atoms with Crippen LogP contribution in [0, 0.1) is 11.3 Å². The van der Waals surface area contributed by atoms with E-state index in [1.807, 2.05) is 13.8 Å². The summed E-state index contributed by atoms with van der Waals surface area (Å²) in [6.45, 7) is 4.23. The molecule has 0 bridgehead atoms. The van der Waals surface area contributed by atoms with Gasteiger partial charge in [0.1, 0.15) is 0 Å². The number of aliphatic hydroxyl groups is 1. The average molecular weight is 231 g/mol. The topological polar surface area (TPSA) is 83.5 Å². The number of aliphatic carboxylic acids is 1. The maximum absolute atomic E-state index is 11.3. The van der Waals surface area contributed by atoms with E-state index in [4.69, 9.17) is 10.8 Å². The Morgan fingerprint density at radius 1 is 1.25 bits per heavy atom. The van der Waals surface area contributed by atoms with E-state index in [0.29, 0.717) is 6.42 Å². The standard InChI is InChI=1S/C12H25NO3/c1-10(2)12(9-13,11(15)16)7-5-3-4-6-8-14/h10,14H,3-9,13H2,1-2H3,(H,15,16). The third-order valence-corrected chi connectivity index (χ3v) is 3.43. The van der Waals surface area contributed by atoms with Crippen molar-refractivity contribution in [3.05, 3.63) is 0 Å². The lowest BCUT2D eigenvalue weighted by atomic mass is 9.73. The summed E-state index contributed by atoms with van der Waals surface area (Å²) in [6, 6.07) is 0. The molecule has 0 aliphatic carbocycles. The van der Waals surface area contributed by atoms with Gasteiger partial charge in [0, 0.05) is 13.2 Å². The molecule has 0 aliphatic heterocycles. The van der Waals surface area contributed by atoms with Crippen molar-refractivity contribution in [3.8, 4) is 0 Å². The zero-order valence-corrected chi connectivity index (χ0v) is 10.4. The number of rotatable bonds is 9. The molecule has 1 unspecified atom stereocenters. The molecule has 0 aromatic rings. The quantitative estimate of drug-likeness (QED) is 0.526. The van der Waals surface area contributed by atoms with Crippen molar-refractivity contribution < 1.29 is 15.0 Å². The zero-order chi connectivity index (χ0) is 12.6. The molecule has 4 N–H and O–H groups in total. The minimum atomic E-state index is -0.785. The third kappa shape index (κ3) is 4.10. The van der Waals surface area contributed by atoms with Crippen LogP contribution in [0.4, 0.5) is 0 Å². The van der Waals surface area contributed by atoms with Crippen LogP contribution in [0.1, 0.15) is 46.0 Å². The van der Waals surface area contributed by atoms with Gasteiger partial charge in [-0.25, -0.2) is 0 Å². The summed E-state index contributed by atoms with van der Waals surface area (Å²) in [5.74, 6) is -0.736. The Labute approximate surface area is 97.8 Å². The number of nitrogens with two attached hydrogens (primary N) is 1. The van der Waals surface area contributed by atoms with Gasteiger partial charge in [0.25, 0.3) is 0 Å². The van der Waals surface area contributed by atoms with Crippen molar-refractivity contribution in [1.82, 2.24) is 0 Å². The molecule has 0 fully saturated rings. The predicted octanol–water partition coefficient (Wildman–Crippen LogP) is 1.61. The molecule has 0 saturated heterocycles. The minimum Gasteiger partial charge on any atom is -0.481 e. The summed E-state index contributed by atoms with van der Waals surface area (Å²) < 4.78 is 0. The first-order chi connectivity index (χ1) is 7.51. The Morgan fingerprint density at radius 2 is 1.81 bits per heavy atom. The summed E-state index contributed by atoms with van der Waals surface area (Å²) >= 11 is 0. The normalized spacial score (nSPS) is 15.1. The Morgan fingerprint density at radius 3 is 2.19 bits per heavy atom. The number of carboxylic acids is 1. The Bertz CT molecular complexity index is 206. The molecule has 0 aromatic heterocycles. The highest BCUT2D eigenvalue weighted by Gasteiger charge is 2.39. The van der Waals surface area contributed by atoms with E-state index in [1.54, 1.807) is 0 Å². The maximum Gasteiger partial charge on any atom is 0.311 e. The van der Waals surface area contributed by atoms with Gasteiger partial charge in [-0.15, -0.1) is 0 Å². The van der Waals surface area contributed by atoms with Crippen LogP contribution in [0.25, 0.3) is 0 Å². The van der Waals surface area contributed by atoms with Gasteiger partial charge in [-0.05, 0) is 18.8 Å². The van der Waals surface area contributed by atoms with E-state index >= 15 is 0 Å². The molecule has 4 heteroatoms. The lowest BCUT2D eigenvalue weighted by molar-refractivity contribution is -0.151. The molecule has 0 rings (SSSR count). The lowest BCUT2D eigenvalue weighted by Crippen LogP contribution is -2.43. The minimum absolute atomic E-state index is 0.0489. The molecule has 4 nitrogen and oxygen atoms in total. The van der Waals surface area contributed by atoms with Crippen LogP contribution in [0.3, 0.4) is 0 Å². The van der Waals surface area contributed by atoms with E-state index in [9.17, 15) is 9.90 Å². The van der Waals surface area contributed by atoms with Gasteiger partial charge in [-0.3, -0.25) is 4.79 Å². The van der Waals surface area contributed by atoms with Gasteiger partial charge in [-0.2, -0.15) is 0 Å². The number of aliphatic hydroxyl groups excluding tert-OH is 1. The van der Waals surface area contributed by atoms with Crippen molar-refractivity contribution in [2.45, 2.75) is 46.0 Å². The predicted molar refractivity (Wildman–Crippen MR) is 64.1 cm³/mol. The van der Waals surface area contributed by atoms with E-state index in [2.05, 4.69) is 0 Å². The van der Waals surface area contributed by atoms with Crippen molar-refractivity contribution in [2.24, 2.45) is 17.1 Å². The molecule has 0 saturated carbocycles. The summed E-state index contributed by atoms with van der Waals surface area (Å²) in [7, 11) is 0. The van der Waals surface area contributed by atoms with Gasteiger partial charge in [-0.1, -0.05) is 33.1 Å². The van der Waals surface area contributed by atoms with Crippen LogP contribution in [0.5, 0.6) is 0 Å². The monoisotopic (exact) mass is 231 g/mol. The molecule has 0 amide bonds. The second-order valence-corrected chi connectivity index (χ2v) is 4.71. The molecule has 96 valence electrons. The Balaban J connectivity index is 4.17. The van der Waals surface area contributed by atoms with Crippen molar-refractivity contribution in [1.29, 1.82) is 0 Å². The van der Waals surface area contributed by atoms with Gasteiger partial charge < -0.3 is 15.9 Å². The maximum atomic E-state index is 11.3. The highest BCUT2D eigenvalue weighted by molar-refractivity contribution is 5.75. The van der Waals surface area contributed by atoms with Gasteiger partial charge in [0.05, 0.1) is 5.41 Å². The van der Waals surface area contributed by atoms with E-state index in [-0.39, 0.29) is 19.1 Å². The van der Waals surface area contributed by atoms with E-state index < -0.39 is 11.4 Å². The largest absolute Gasteiger partial charge is 0.481 e. The number of unbranched alkanes of at least 4 members (excludes halogenated alkanes) is 3. The number of hydrogen-bond donors (Lipinski definition) is 3. The summed E-state index contributed by atoms with van der Waals surface area (Å²) in [5.41, 5.74) is 4.85. The number of carbonyl (C=O) groups is 1. The molecule has 16 heavy (non-hydrogen) atoms. The second-order valence-electron chi connectivity index (χ2n) is 4.71. The lowest BCUT2D eigenvalue weighted by Gasteiger charge is -2.32. The number of hydrogen-bond acceptors (Lipinski definition) is 3. The zero-order valence-electron chi connectivity index (χ0n) is 10.4. The van der Waals surface area contributed by atoms with Gasteiger partial charge >= 0.3 is 5.97 Å². The smallest absolute Gasteiger partial charge is 0.311 e. The van der Waals surface area contributed by atoms with Crippen LogP contribution in [-0.4, -0.2) is 29.3 Å². The fourth-order valence-corrected chi connectivity index (χ4v) is 1.97. The average Bonchev–Trinajstić information content (AvgIpc) is 2.22. The van der Waals surface area contributed by atoms with Crippen LogP contribution in [0.2, 0.25) is 0 Å². The fraction of sp³-hybridized carbons (Fsp3) is 0.917. The first kappa shape index (κ1) is 15.4. The first-order valence-corrected chi connectivity index (χ1v) is 6.05. The van der Waals surface area contributed by atoms with Crippen molar-refractivity contribution in [3.63, 3.8) is 0 Å². The molecule has 1 atom stereocenters. The summed E-state index contributed by atoms with van der Waals surface area (Å²) in [6.07, 6.45) is 4.20. The third-order valence-electron chi connectivity index (χ3n) is 3.43. The van der Waals surface area contributed by atoms with Crippen LogP contribution >= 0.6 is 0 Å². The molecule has 0 aliphatic rings. The second kappa shape index (κ2) is 7.63. The Kier molecular flexibility index (Phi) is 7.34. The van der Waals surface area contributed by atoms with Crippen molar-refractivity contribution in [2.75, 3.05) is 13.2 Å². The summed E-state index contributed by atoms with van der Waals surface area (Å²) in [5, 5.41) is 17.9. The van der Waals surface area contributed by atoms with Crippen LogP contribution in [-0.2, 0) is 4.79 Å². The van der Waals surface area contributed by atoms with Crippen LogP contribution < -0.4 is 5.73 Å². The fourth-order valence-electron chi connectivity index (χ4n) is 1.97. The molecular formula is C12H25NO3. The van der Waals surface area contributed by atoms with Gasteiger partial charge in [0.2, 0.25) is 0 Å². The van der Waals surface area contributed by atoms with Crippen LogP contribution in [0.15, 0.2) is 0 Å². The highest BCUT2D eigenvalue weighted by atomic mass is 16.4. The van der Waals surface area contributed by atoms with E-state index in [0.717, 1.165) is 25.7 Å². The molecule has 0 aromatic carbocycles. The highest BCUT2D eigenvalue weighted by Crippen LogP contribution is 2.33. The van der Waals surface area contributed by atoms with E-state index in [1.165, 1.54) is 0 Å². The van der Waals surface area contributed by atoms with Gasteiger partial charge in [0.15, 0.2) is 0 Å². The molecular weight excluding hydrogens is 206 g/mol. The SMILES string of the molecule is CC(C)C(CN)(CCCCCCO)C(=O)O.